The van der Waals surface area contributed by atoms with E-state index in [4.69, 9.17) is 5.73 Å². The topological polar surface area (TPSA) is 55.1 Å². The minimum atomic E-state index is 0.162. The highest BCUT2D eigenvalue weighted by Gasteiger charge is 2.25. The molecule has 0 bridgehead atoms. The zero-order chi connectivity index (χ0) is 12.3. The molecule has 1 aliphatic carbocycles. The summed E-state index contributed by atoms with van der Waals surface area (Å²) in [6, 6.07) is 3.88. The first-order valence-corrected chi connectivity index (χ1v) is 7.56. The first-order valence-electron chi connectivity index (χ1n) is 5.95. The van der Waals surface area contributed by atoms with Gasteiger partial charge in [-0.25, -0.2) is 0 Å². The van der Waals surface area contributed by atoms with Crippen molar-refractivity contribution in [2.24, 2.45) is 17.6 Å². The van der Waals surface area contributed by atoms with Crippen molar-refractivity contribution in [1.29, 1.82) is 0 Å². The van der Waals surface area contributed by atoms with Crippen molar-refractivity contribution < 1.29 is 4.79 Å². The number of halogens is 1. The maximum Gasteiger partial charge on any atom is 0.228 e. The van der Waals surface area contributed by atoms with E-state index in [1.165, 1.54) is 0 Å². The molecule has 0 aliphatic heterocycles. The summed E-state index contributed by atoms with van der Waals surface area (Å²) < 4.78 is 1.04. The average Bonchev–Trinajstić information content (AvgIpc) is 2.75. The average molecular weight is 317 g/mol. The van der Waals surface area contributed by atoms with Gasteiger partial charge < -0.3 is 11.1 Å². The lowest BCUT2D eigenvalue weighted by Gasteiger charge is -2.26. The number of amides is 1. The minimum Gasteiger partial charge on any atom is -0.330 e. The molecule has 1 aromatic heterocycles. The minimum absolute atomic E-state index is 0.162. The Labute approximate surface area is 114 Å². The normalized spacial score (nSPS) is 24.6. The molecule has 1 fully saturated rings. The van der Waals surface area contributed by atoms with Gasteiger partial charge in [-0.2, -0.15) is 0 Å². The van der Waals surface area contributed by atoms with E-state index < -0.39 is 0 Å². The van der Waals surface area contributed by atoms with Crippen molar-refractivity contribution in [3.05, 3.63) is 15.9 Å². The second kappa shape index (κ2) is 5.98. The Morgan fingerprint density at radius 1 is 1.41 bits per heavy atom. The van der Waals surface area contributed by atoms with Crippen LogP contribution in [0, 0.1) is 11.8 Å². The second-order valence-electron chi connectivity index (χ2n) is 4.55. The molecule has 0 saturated heterocycles. The molecule has 0 radical (unpaired) electrons. The van der Waals surface area contributed by atoms with E-state index in [9.17, 15) is 4.79 Å². The molecule has 1 heterocycles. The van der Waals surface area contributed by atoms with E-state index >= 15 is 0 Å². The van der Waals surface area contributed by atoms with Crippen LogP contribution in [0.4, 0.5) is 5.00 Å². The molecule has 0 unspecified atom stereocenters. The molecule has 94 valence electrons. The number of carbonyl (C=O) groups is 1. The molecule has 1 aromatic rings. The summed E-state index contributed by atoms with van der Waals surface area (Å²) in [5, 5.41) is 3.90. The molecular weight excluding hydrogens is 300 g/mol. The Kier molecular flexibility index (Phi) is 4.59. The van der Waals surface area contributed by atoms with Gasteiger partial charge in [0.05, 0.1) is 8.79 Å². The maximum atomic E-state index is 12.0. The lowest BCUT2D eigenvalue weighted by Crippen LogP contribution is -2.29. The predicted octanol–water partition coefficient (Wildman–Crippen LogP) is 3.21. The second-order valence-corrected chi connectivity index (χ2v) is 7.01. The number of nitrogens with one attached hydrogen (secondary N) is 1. The standard InChI is InChI=1S/C12H17BrN2OS/c13-10-5-6-11(17-10)15-12(16)9-3-1-8(7-14)2-4-9/h5-6,8-9H,1-4,7,14H2,(H,15,16). The molecule has 5 heteroatoms. The van der Waals surface area contributed by atoms with Gasteiger partial charge in [-0.1, -0.05) is 0 Å². The van der Waals surface area contributed by atoms with Gasteiger partial charge in [0.15, 0.2) is 0 Å². The van der Waals surface area contributed by atoms with Crippen molar-refractivity contribution >= 4 is 38.2 Å². The van der Waals surface area contributed by atoms with Crippen LogP contribution in [-0.2, 0) is 4.79 Å². The molecule has 3 nitrogen and oxygen atoms in total. The van der Waals surface area contributed by atoms with Crippen LogP contribution < -0.4 is 11.1 Å². The SMILES string of the molecule is NCC1CCC(C(=O)Nc2ccc(Br)s2)CC1. The monoisotopic (exact) mass is 316 g/mol. The summed E-state index contributed by atoms with van der Waals surface area (Å²) in [5.41, 5.74) is 5.65. The van der Waals surface area contributed by atoms with E-state index in [2.05, 4.69) is 21.2 Å². The lowest BCUT2D eigenvalue weighted by atomic mass is 9.81. The molecular formula is C12H17BrN2OS. The Hall–Kier alpha value is -0.390. The van der Waals surface area contributed by atoms with Gasteiger partial charge in [-0.15, -0.1) is 11.3 Å². The van der Waals surface area contributed by atoms with Crippen LogP contribution in [-0.4, -0.2) is 12.5 Å². The molecule has 0 atom stereocenters. The molecule has 2 rings (SSSR count). The van der Waals surface area contributed by atoms with Crippen LogP contribution in [0.3, 0.4) is 0 Å². The third kappa shape index (κ3) is 3.53. The Morgan fingerprint density at radius 3 is 2.65 bits per heavy atom. The summed E-state index contributed by atoms with van der Waals surface area (Å²) in [6.45, 7) is 0.756. The largest absolute Gasteiger partial charge is 0.330 e. The van der Waals surface area contributed by atoms with Gasteiger partial charge in [0, 0.05) is 5.92 Å². The summed E-state index contributed by atoms with van der Waals surface area (Å²) in [5.74, 6) is 0.948. The van der Waals surface area contributed by atoms with Crippen LogP contribution in [0.15, 0.2) is 15.9 Å². The zero-order valence-corrected chi connectivity index (χ0v) is 12.0. The van der Waals surface area contributed by atoms with E-state index in [-0.39, 0.29) is 11.8 Å². The fourth-order valence-corrected chi connectivity index (χ4v) is 3.55. The molecule has 17 heavy (non-hydrogen) atoms. The van der Waals surface area contributed by atoms with Crippen LogP contribution in [0.25, 0.3) is 0 Å². The number of rotatable bonds is 3. The number of thiophene rings is 1. The van der Waals surface area contributed by atoms with Gasteiger partial charge in [0.1, 0.15) is 0 Å². The Bertz CT molecular complexity index is 386. The van der Waals surface area contributed by atoms with E-state index in [1.807, 2.05) is 12.1 Å². The number of nitrogens with two attached hydrogens (primary N) is 1. The van der Waals surface area contributed by atoms with Crippen LogP contribution in [0.2, 0.25) is 0 Å². The highest BCUT2D eigenvalue weighted by atomic mass is 79.9. The fraction of sp³-hybridized carbons (Fsp3) is 0.583. The number of carbonyl (C=O) groups excluding carboxylic acids is 1. The lowest BCUT2D eigenvalue weighted by molar-refractivity contribution is -0.121. The summed E-state index contributed by atoms with van der Waals surface area (Å²) in [4.78, 5) is 12.0. The summed E-state index contributed by atoms with van der Waals surface area (Å²) in [7, 11) is 0. The summed E-state index contributed by atoms with van der Waals surface area (Å²) >= 11 is 4.94. The third-order valence-corrected chi connectivity index (χ3v) is 4.91. The van der Waals surface area contributed by atoms with Gasteiger partial charge in [-0.3, -0.25) is 4.79 Å². The summed E-state index contributed by atoms with van der Waals surface area (Å²) in [6.07, 6.45) is 4.12. The molecule has 1 amide bonds. The Balaban J connectivity index is 1.85. The number of hydrogen-bond donors (Lipinski definition) is 2. The Morgan fingerprint density at radius 2 is 2.12 bits per heavy atom. The van der Waals surface area contributed by atoms with Crippen LogP contribution in [0.5, 0.6) is 0 Å². The van der Waals surface area contributed by atoms with Crippen LogP contribution in [0.1, 0.15) is 25.7 Å². The van der Waals surface area contributed by atoms with Crippen molar-refractivity contribution in [3.8, 4) is 0 Å². The van der Waals surface area contributed by atoms with Crippen molar-refractivity contribution in [2.45, 2.75) is 25.7 Å². The first kappa shape index (κ1) is 13.1. The maximum absolute atomic E-state index is 12.0. The van der Waals surface area contributed by atoms with Crippen molar-refractivity contribution in [2.75, 3.05) is 11.9 Å². The molecule has 0 spiro atoms. The highest BCUT2D eigenvalue weighted by Crippen LogP contribution is 2.31. The van der Waals surface area contributed by atoms with E-state index in [0.717, 1.165) is 41.0 Å². The number of hydrogen-bond acceptors (Lipinski definition) is 3. The van der Waals surface area contributed by atoms with Crippen LogP contribution >= 0.6 is 27.3 Å². The van der Waals surface area contributed by atoms with Crippen molar-refractivity contribution in [1.82, 2.24) is 0 Å². The molecule has 3 N–H and O–H groups in total. The quantitative estimate of drug-likeness (QED) is 0.899. The third-order valence-electron chi connectivity index (χ3n) is 3.37. The number of anilines is 1. The van der Waals surface area contributed by atoms with Crippen molar-refractivity contribution in [3.63, 3.8) is 0 Å². The predicted molar refractivity (Wildman–Crippen MR) is 75.2 cm³/mol. The fourth-order valence-electron chi connectivity index (χ4n) is 2.27. The van der Waals surface area contributed by atoms with Gasteiger partial charge >= 0.3 is 0 Å². The zero-order valence-electron chi connectivity index (χ0n) is 9.62. The van der Waals surface area contributed by atoms with Gasteiger partial charge in [-0.05, 0) is 66.2 Å². The highest BCUT2D eigenvalue weighted by molar-refractivity contribution is 9.11. The molecule has 1 aliphatic rings. The smallest absolute Gasteiger partial charge is 0.228 e. The first-order chi connectivity index (χ1) is 8.19. The molecule has 1 saturated carbocycles. The van der Waals surface area contributed by atoms with E-state index in [0.29, 0.717) is 5.92 Å². The van der Waals surface area contributed by atoms with E-state index in [1.54, 1.807) is 11.3 Å². The van der Waals surface area contributed by atoms with Gasteiger partial charge in [0.2, 0.25) is 5.91 Å². The van der Waals surface area contributed by atoms with Gasteiger partial charge in [0.25, 0.3) is 0 Å². The molecule has 0 aromatic carbocycles.